The summed E-state index contributed by atoms with van der Waals surface area (Å²) in [7, 11) is 0. The number of halogens is 1. The van der Waals surface area contributed by atoms with Crippen molar-refractivity contribution in [1.82, 2.24) is 10.5 Å². The molecule has 1 aliphatic rings. The summed E-state index contributed by atoms with van der Waals surface area (Å²) in [6, 6.07) is 8.16. The Morgan fingerprint density at radius 1 is 1.39 bits per heavy atom. The Hall–Kier alpha value is -2.17. The van der Waals surface area contributed by atoms with Gasteiger partial charge >= 0.3 is 0 Å². The van der Waals surface area contributed by atoms with Gasteiger partial charge in [-0.2, -0.15) is 0 Å². The van der Waals surface area contributed by atoms with Crippen molar-refractivity contribution in [2.24, 2.45) is 5.92 Å². The minimum Gasteiger partial charge on any atom is -0.361 e. The molecule has 0 aliphatic heterocycles. The zero-order valence-corrected chi connectivity index (χ0v) is 13.2. The number of carbonyl (C=O) groups is 1. The molecule has 1 saturated carbocycles. The molecule has 1 heterocycles. The van der Waals surface area contributed by atoms with Crippen LogP contribution in [0.1, 0.15) is 48.7 Å². The number of aromatic nitrogens is 1. The fourth-order valence-electron chi connectivity index (χ4n) is 3.36. The zero-order chi connectivity index (χ0) is 16.2. The van der Waals surface area contributed by atoms with E-state index in [0.29, 0.717) is 17.0 Å². The fourth-order valence-corrected chi connectivity index (χ4v) is 3.36. The predicted octanol–water partition coefficient (Wildman–Crippen LogP) is 3.71. The molecule has 2 aromatic rings. The lowest BCUT2D eigenvalue weighted by atomic mass is 9.91. The minimum atomic E-state index is -0.279. The van der Waals surface area contributed by atoms with E-state index in [-0.39, 0.29) is 30.1 Å². The molecule has 0 bridgehead atoms. The van der Waals surface area contributed by atoms with Crippen LogP contribution < -0.4 is 5.32 Å². The Morgan fingerprint density at radius 3 is 2.78 bits per heavy atom. The van der Waals surface area contributed by atoms with Crippen LogP contribution in [0.15, 0.2) is 34.9 Å². The topological polar surface area (TPSA) is 55.1 Å². The normalized spacial score (nSPS) is 16.4. The van der Waals surface area contributed by atoms with Gasteiger partial charge < -0.3 is 9.84 Å². The first kappa shape index (κ1) is 15.7. The Bertz CT molecular complexity index is 677. The van der Waals surface area contributed by atoms with E-state index in [1.807, 2.05) is 6.07 Å². The first-order valence-corrected chi connectivity index (χ1v) is 8.09. The largest absolute Gasteiger partial charge is 0.361 e. The molecule has 1 aromatic heterocycles. The van der Waals surface area contributed by atoms with Crippen LogP contribution in [-0.4, -0.2) is 11.1 Å². The monoisotopic (exact) mass is 316 g/mol. The van der Waals surface area contributed by atoms with Crippen molar-refractivity contribution in [2.75, 3.05) is 0 Å². The smallest absolute Gasteiger partial charge is 0.226 e. The molecular weight excluding hydrogens is 295 g/mol. The maximum Gasteiger partial charge on any atom is 0.226 e. The quantitative estimate of drug-likeness (QED) is 0.915. The number of carbonyl (C=O) groups excluding carboxylic acids is 1. The number of nitrogens with one attached hydrogen (secondary N) is 1. The van der Waals surface area contributed by atoms with Crippen LogP contribution in [0.3, 0.4) is 0 Å². The highest BCUT2D eigenvalue weighted by Crippen LogP contribution is 2.36. The van der Waals surface area contributed by atoms with E-state index in [2.05, 4.69) is 10.5 Å². The number of benzene rings is 1. The fraction of sp³-hybridized carbons (Fsp3) is 0.444. The lowest BCUT2D eigenvalue weighted by molar-refractivity contribution is -0.121. The average molecular weight is 316 g/mol. The Morgan fingerprint density at radius 2 is 2.13 bits per heavy atom. The van der Waals surface area contributed by atoms with Gasteiger partial charge in [0.15, 0.2) is 0 Å². The molecule has 0 unspecified atom stereocenters. The number of hydrogen-bond acceptors (Lipinski definition) is 3. The molecule has 1 amide bonds. The summed E-state index contributed by atoms with van der Waals surface area (Å²) in [6.45, 7) is 1.79. The van der Waals surface area contributed by atoms with Crippen LogP contribution in [0.5, 0.6) is 0 Å². The second kappa shape index (κ2) is 6.94. The highest BCUT2D eigenvalue weighted by Gasteiger charge is 2.29. The predicted molar refractivity (Wildman–Crippen MR) is 84.2 cm³/mol. The van der Waals surface area contributed by atoms with E-state index < -0.39 is 0 Å². The summed E-state index contributed by atoms with van der Waals surface area (Å²) in [6.07, 6.45) is 4.45. The molecule has 1 fully saturated rings. The zero-order valence-electron chi connectivity index (χ0n) is 13.2. The van der Waals surface area contributed by atoms with Gasteiger partial charge in [0, 0.05) is 11.6 Å². The van der Waals surface area contributed by atoms with Crippen LogP contribution >= 0.6 is 0 Å². The molecule has 1 atom stereocenters. The van der Waals surface area contributed by atoms with Crippen LogP contribution in [0, 0.1) is 18.7 Å². The molecule has 1 aliphatic carbocycles. The summed E-state index contributed by atoms with van der Waals surface area (Å²) in [5.41, 5.74) is 1.17. The van der Waals surface area contributed by atoms with Crippen LogP contribution in [0.4, 0.5) is 4.39 Å². The molecular formula is C18H21FN2O2. The Labute approximate surface area is 135 Å². The molecule has 122 valence electrons. The van der Waals surface area contributed by atoms with Crippen LogP contribution in [-0.2, 0) is 11.2 Å². The third kappa shape index (κ3) is 3.78. The van der Waals surface area contributed by atoms with E-state index >= 15 is 0 Å². The molecule has 0 radical (unpaired) electrons. The van der Waals surface area contributed by atoms with E-state index in [0.717, 1.165) is 25.7 Å². The third-order valence-corrected chi connectivity index (χ3v) is 4.45. The lowest BCUT2D eigenvalue weighted by Gasteiger charge is -2.25. The average Bonchev–Trinajstić information content (AvgIpc) is 3.18. The van der Waals surface area contributed by atoms with Crippen molar-refractivity contribution in [3.05, 3.63) is 53.2 Å². The molecule has 4 nitrogen and oxygen atoms in total. The summed E-state index contributed by atoms with van der Waals surface area (Å²) < 4.78 is 19.2. The van der Waals surface area contributed by atoms with Crippen molar-refractivity contribution >= 4 is 5.91 Å². The molecule has 3 rings (SSSR count). The number of rotatable bonds is 5. The van der Waals surface area contributed by atoms with Gasteiger partial charge in [0.05, 0.1) is 18.2 Å². The molecule has 0 saturated heterocycles. The standard InChI is InChI=1S/C18H21FN2O2/c1-12-10-14(21-23-12)11-17(22)20-18(13-6-2-3-7-13)15-8-4-5-9-16(15)19/h4-5,8-10,13,18H,2-3,6-7,11H2,1H3,(H,20,22)/t18-/m0/s1. The van der Waals surface area contributed by atoms with Crippen molar-refractivity contribution < 1.29 is 13.7 Å². The number of aryl methyl sites for hydroxylation is 1. The maximum absolute atomic E-state index is 14.2. The SMILES string of the molecule is Cc1cc(CC(=O)N[C@H](c2ccccc2F)C2CCCC2)no1. The molecule has 1 N–H and O–H groups in total. The van der Waals surface area contributed by atoms with Crippen molar-refractivity contribution in [3.63, 3.8) is 0 Å². The summed E-state index contributed by atoms with van der Waals surface area (Å²) in [4.78, 5) is 12.4. The lowest BCUT2D eigenvalue weighted by Crippen LogP contribution is -2.34. The molecule has 0 spiro atoms. The van der Waals surface area contributed by atoms with Crippen LogP contribution in [0.25, 0.3) is 0 Å². The van der Waals surface area contributed by atoms with E-state index in [9.17, 15) is 9.18 Å². The summed E-state index contributed by atoms with van der Waals surface area (Å²) in [5.74, 6) is 0.546. The van der Waals surface area contributed by atoms with Crippen LogP contribution in [0.2, 0.25) is 0 Å². The van der Waals surface area contributed by atoms with Crippen molar-refractivity contribution in [2.45, 2.75) is 45.1 Å². The van der Waals surface area contributed by atoms with Gasteiger partial charge in [0.1, 0.15) is 11.6 Å². The third-order valence-electron chi connectivity index (χ3n) is 4.45. The summed E-state index contributed by atoms with van der Waals surface area (Å²) in [5, 5.41) is 6.85. The van der Waals surface area contributed by atoms with E-state index in [1.54, 1.807) is 25.1 Å². The number of amides is 1. The van der Waals surface area contributed by atoms with Gasteiger partial charge in [0.25, 0.3) is 0 Å². The Kier molecular flexibility index (Phi) is 4.74. The van der Waals surface area contributed by atoms with E-state index in [1.165, 1.54) is 6.07 Å². The molecule has 23 heavy (non-hydrogen) atoms. The second-order valence-corrected chi connectivity index (χ2v) is 6.22. The molecule has 5 heteroatoms. The van der Waals surface area contributed by atoms with Crippen molar-refractivity contribution in [1.29, 1.82) is 0 Å². The minimum absolute atomic E-state index is 0.148. The first-order valence-electron chi connectivity index (χ1n) is 8.09. The highest BCUT2D eigenvalue weighted by molar-refractivity contribution is 5.78. The van der Waals surface area contributed by atoms with Gasteiger partial charge in [0.2, 0.25) is 5.91 Å². The highest BCUT2D eigenvalue weighted by atomic mass is 19.1. The summed E-state index contributed by atoms with van der Waals surface area (Å²) >= 11 is 0. The van der Waals surface area contributed by atoms with Crippen molar-refractivity contribution in [3.8, 4) is 0 Å². The van der Waals surface area contributed by atoms with Gasteiger partial charge in [-0.3, -0.25) is 4.79 Å². The maximum atomic E-state index is 14.2. The van der Waals surface area contributed by atoms with E-state index in [4.69, 9.17) is 4.52 Å². The van der Waals surface area contributed by atoms with Gasteiger partial charge in [-0.15, -0.1) is 0 Å². The number of hydrogen-bond donors (Lipinski definition) is 1. The van der Waals surface area contributed by atoms with Gasteiger partial charge in [-0.25, -0.2) is 4.39 Å². The van der Waals surface area contributed by atoms with Gasteiger partial charge in [-0.05, 0) is 31.7 Å². The molecule has 1 aromatic carbocycles. The first-order chi connectivity index (χ1) is 11.1. The van der Waals surface area contributed by atoms with Gasteiger partial charge in [-0.1, -0.05) is 36.2 Å². The second-order valence-electron chi connectivity index (χ2n) is 6.22. The Balaban J connectivity index is 1.75. The number of nitrogens with zero attached hydrogens (tertiary/aromatic N) is 1.